The van der Waals surface area contributed by atoms with E-state index in [1.165, 1.54) is 11.2 Å². The van der Waals surface area contributed by atoms with E-state index < -0.39 is 0 Å². The van der Waals surface area contributed by atoms with Crippen LogP contribution < -0.4 is 5.32 Å². The number of hydrogen-bond acceptors (Lipinski definition) is 6. The first kappa shape index (κ1) is 13.5. The average Bonchev–Trinajstić information content (AvgIpc) is 3.08. The highest BCUT2D eigenvalue weighted by Crippen LogP contribution is 2.26. The van der Waals surface area contributed by atoms with Crippen LogP contribution in [-0.4, -0.2) is 44.7 Å². The summed E-state index contributed by atoms with van der Waals surface area (Å²) in [4.78, 5) is 22.6. The smallest absolute Gasteiger partial charge is 0.243 e. The molecule has 3 heterocycles. The molecule has 7 nitrogen and oxygen atoms in total. The zero-order chi connectivity index (χ0) is 14.8. The zero-order valence-corrected chi connectivity index (χ0v) is 12.5. The number of nitrogens with zero attached hydrogens (tertiary/aromatic N) is 5. The van der Waals surface area contributed by atoms with Gasteiger partial charge in [0, 0.05) is 20.3 Å². The lowest BCUT2D eigenvalue weighted by Crippen LogP contribution is -2.26. The second kappa shape index (κ2) is 5.49. The third-order valence-electron chi connectivity index (χ3n) is 2.95. The minimum Gasteiger partial charge on any atom is -0.347 e. The molecule has 0 spiro atoms. The van der Waals surface area contributed by atoms with Crippen LogP contribution in [0.4, 0.5) is 11.5 Å². The van der Waals surface area contributed by atoms with Gasteiger partial charge in [-0.15, -0.1) is 11.3 Å². The maximum atomic E-state index is 11.6. The number of thiophene rings is 1. The van der Waals surface area contributed by atoms with E-state index in [9.17, 15) is 4.79 Å². The second-order valence-electron chi connectivity index (χ2n) is 4.70. The molecule has 21 heavy (non-hydrogen) atoms. The fourth-order valence-corrected chi connectivity index (χ4v) is 2.55. The lowest BCUT2D eigenvalue weighted by atomic mass is 10.4. The lowest BCUT2D eigenvalue weighted by molar-refractivity contribution is -0.129. The van der Waals surface area contributed by atoms with Crippen molar-refractivity contribution in [2.45, 2.75) is 6.54 Å². The highest BCUT2D eigenvalue weighted by atomic mass is 32.1. The maximum Gasteiger partial charge on any atom is 0.243 e. The summed E-state index contributed by atoms with van der Waals surface area (Å²) in [6.07, 6.45) is 4.98. The molecule has 0 aliphatic heterocycles. The Hall–Kier alpha value is -2.48. The Kier molecular flexibility index (Phi) is 3.53. The number of carbonyl (C=O) groups excluding carboxylic acids is 1. The molecule has 0 atom stereocenters. The fraction of sp³-hybridized carbons (Fsp3) is 0.231. The number of fused-ring (bicyclic) bond motifs is 1. The number of likely N-dealkylation sites (N-methyl/N-ethyl adjacent to an activating group) is 1. The quantitative estimate of drug-likeness (QED) is 0.794. The van der Waals surface area contributed by atoms with Crippen molar-refractivity contribution in [3.05, 3.63) is 30.2 Å². The molecule has 0 saturated carbocycles. The number of nitrogens with one attached hydrogen (secondary N) is 1. The van der Waals surface area contributed by atoms with Crippen molar-refractivity contribution < 1.29 is 4.79 Å². The van der Waals surface area contributed by atoms with Crippen LogP contribution in [0.15, 0.2) is 30.2 Å². The van der Waals surface area contributed by atoms with Gasteiger partial charge in [-0.2, -0.15) is 5.10 Å². The van der Waals surface area contributed by atoms with E-state index in [0.717, 1.165) is 21.7 Å². The summed E-state index contributed by atoms with van der Waals surface area (Å²) in [5, 5.41) is 10.3. The molecule has 0 unspecified atom stereocenters. The van der Waals surface area contributed by atoms with Crippen LogP contribution in [0.25, 0.3) is 10.2 Å². The summed E-state index contributed by atoms with van der Waals surface area (Å²) in [7, 11) is 3.44. The topological polar surface area (TPSA) is 75.9 Å². The van der Waals surface area contributed by atoms with Gasteiger partial charge in [0.15, 0.2) is 0 Å². The summed E-state index contributed by atoms with van der Waals surface area (Å²) in [6, 6.07) is 1.97. The Labute approximate surface area is 125 Å². The van der Waals surface area contributed by atoms with Gasteiger partial charge in [0.05, 0.1) is 17.3 Å². The molecule has 108 valence electrons. The summed E-state index contributed by atoms with van der Waals surface area (Å²) < 4.78 is 1.59. The maximum absolute atomic E-state index is 11.6. The molecule has 1 N–H and O–H groups in total. The summed E-state index contributed by atoms with van der Waals surface area (Å²) in [5.41, 5.74) is 0.785. The minimum absolute atomic E-state index is 0.00749. The van der Waals surface area contributed by atoms with Crippen molar-refractivity contribution in [2.24, 2.45) is 0 Å². The van der Waals surface area contributed by atoms with Crippen molar-refractivity contribution in [1.82, 2.24) is 24.6 Å². The first-order chi connectivity index (χ1) is 10.1. The predicted octanol–water partition coefficient (Wildman–Crippen LogP) is 1.72. The van der Waals surface area contributed by atoms with Crippen molar-refractivity contribution in [2.75, 3.05) is 19.4 Å². The molecule has 0 saturated heterocycles. The number of rotatable bonds is 4. The Morgan fingerprint density at radius 3 is 3.10 bits per heavy atom. The summed E-state index contributed by atoms with van der Waals surface area (Å²) in [6.45, 7) is 0.215. The second-order valence-corrected chi connectivity index (χ2v) is 5.60. The summed E-state index contributed by atoms with van der Waals surface area (Å²) in [5.74, 6) is 0.728. The Morgan fingerprint density at radius 1 is 1.43 bits per heavy atom. The van der Waals surface area contributed by atoms with E-state index in [1.807, 2.05) is 11.4 Å². The van der Waals surface area contributed by atoms with E-state index in [1.54, 1.807) is 42.5 Å². The highest BCUT2D eigenvalue weighted by Gasteiger charge is 2.09. The molecule has 0 aliphatic carbocycles. The standard InChI is InChI=1S/C13H14N6OS/c1-18(2)11(20)7-19-6-9(5-16-19)17-12-10-3-4-21-13(10)15-8-14-12/h3-6,8H,7H2,1-2H3,(H,14,15,17). The van der Waals surface area contributed by atoms with Crippen LogP contribution in [0, 0.1) is 0 Å². The van der Waals surface area contributed by atoms with Gasteiger partial charge in [-0.05, 0) is 11.4 Å². The molecule has 1 amide bonds. The highest BCUT2D eigenvalue weighted by molar-refractivity contribution is 7.16. The van der Waals surface area contributed by atoms with Crippen LogP contribution in [0.1, 0.15) is 0 Å². The van der Waals surface area contributed by atoms with Gasteiger partial charge in [0.2, 0.25) is 5.91 Å². The number of carbonyl (C=O) groups is 1. The molecular weight excluding hydrogens is 288 g/mol. The Morgan fingerprint density at radius 2 is 2.29 bits per heavy atom. The summed E-state index contributed by atoms with van der Waals surface area (Å²) >= 11 is 1.57. The largest absolute Gasteiger partial charge is 0.347 e. The van der Waals surface area contributed by atoms with Gasteiger partial charge in [-0.3, -0.25) is 9.48 Å². The first-order valence-corrected chi connectivity index (χ1v) is 7.19. The third-order valence-corrected chi connectivity index (χ3v) is 3.77. The number of hydrogen-bond donors (Lipinski definition) is 1. The molecule has 0 aliphatic rings. The SMILES string of the molecule is CN(C)C(=O)Cn1cc(Nc2ncnc3sccc23)cn1. The van der Waals surface area contributed by atoms with E-state index in [0.29, 0.717) is 0 Å². The third kappa shape index (κ3) is 2.84. The zero-order valence-electron chi connectivity index (χ0n) is 11.6. The molecule has 3 aromatic heterocycles. The van der Waals surface area contributed by atoms with Gasteiger partial charge in [0.1, 0.15) is 23.5 Å². The molecule has 8 heteroatoms. The molecule has 0 bridgehead atoms. The Bertz CT molecular complexity index is 778. The van der Waals surface area contributed by atoms with Gasteiger partial charge in [-0.25, -0.2) is 9.97 Å². The monoisotopic (exact) mass is 302 g/mol. The van der Waals surface area contributed by atoms with Crippen LogP contribution in [0.2, 0.25) is 0 Å². The van der Waals surface area contributed by atoms with E-state index >= 15 is 0 Å². The van der Waals surface area contributed by atoms with Crippen molar-refractivity contribution in [3.8, 4) is 0 Å². The molecule has 0 fully saturated rings. The van der Waals surface area contributed by atoms with E-state index in [-0.39, 0.29) is 12.5 Å². The van der Waals surface area contributed by atoms with Gasteiger partial charge < -0.3 is 10.2 Å². The van der Waals surface area contributed by atoms with Gasteiger partial charge in [0.25, 0.3) is 0 Å². The molecule has 3 aromatic rings. The molecule has 3 rings (SSSR count). The minimum atomic E-state index is -0.00749. The van der Waals surface area contributed by atoms with E-state index in [4.69, 9.17) is 0 Å². The lowest BCUT2D eigenvalue weighted by Gasteiger charge is -2.09. The van der Waals surface area contributed by atoms with Crippen molar-refractivity contribution in [3.63, 3.8) is 0 Å². The molecular formula is C13H14N6OS. The predicted molar refractivity (Wildman–Crippen MR) is 81.6 cm³/mol. The number of amides is 1. The van der Waals surface area contributed by atoms with Crippen LogP contribution in [0.3, 0.4) is 0 Å². The van der Waals surface area contributed by atoms with E-state index in [2.05, 4.69) is 20.4 Å². The van der Waals surface area contributed by atoms with Crippen LogP contribution in [0.5, 0.6) is 0 Å². The normalized spacial score (nSPS) is 10.8. The molecule has 0 aromatic carbocycles. The van der Waals surface area contributed by atoms with Gasteiger partial charge in [-0.1, -0.05) is 0 Å². The fourth-order valence-electron chi connectivity index (χ4n) is 1.82. The molecule has 0 radical (unpaired) electrons. The van der Waals surface area contributed by atoms with Gasteiger partial charge >= 0.3 is 0 Å². The van der Waals surface area contributed by atoms with Crippen molar-refractivity contribution >= 4 is 39.0 Å². The first-order valence-electron chi connectivity index (χ1n) is 6.31. The number of anilines is 2. The average molecular weight is 302 g/mol. The number of aromatic nitrogens is 4. The van der Waals surface area contributed by atoms with Crippen LogP contribution in [-0.2, 0) is 11.3 Å². The van der Waals surface area contributed by atoms with Crippen molar-refractivity contribution in [1.29, 1.82) is 0 Å². The van der Waals surface area contributed by atoms with Crippen LogP contribution >= 0.6 is 11.3 Å². The Balaban J connectivity index is 1.78.